The smallest absolute Gasteiger partial charge is 0.264 e. The number of anilines is 1. The Morgan fingerprint density at radius 3 is 2.48 bits per heavy atom. The Balaban J connectivity index is 1.76. The molecule has 1 aliphatic heterocycles. The highest BCUT2D eigenvalue weighted by atomic mass is 32.2. The van der Waals surface area contributed by atoms with Crippen LogP contribution in [0.3, 0.4) is 0 Å². The van der Waals surface area contributed by atoms with Gasteiger partial charge in [-0.1, -0.05) is 55.5 Å². The van der Waals surface area contributed by atoms with Gasteiger partial charge in [0.15, 0.2) is 0 Å². The van der Waals surface area contributed by atoms with E-state index in [9.17, 15) is 13.2 Å². The first kappa shape index (κ1) is 21.4. The summed E-state index contributed by atoms with van der Waals surface area (Å²) in [5.74, 6) is -0.417. The molecule has 0 fully saturated rings. The molecule has 0 unspecified atom stereocenters. The van der Waals surface area contributed by atoms with Crippen molar-refractivity contribution in [1.82, 2.24) is 5.32 Å². The van der Waals surface area contributed by atoms with Gasteiger partial charge in [0, 0.05) is 12.1 Å². The summed E-state index contributed by atoms with van der Waals surface area (Å²) in [6.07, 6.45) is 1.28. The second-order valence-electron chi connectivity index (χ2n) is 8.32. The molecule has 0 bridgehead atoms. The van der Waals surface area contributed by atoms with E-state index in [-0.39, 0.29) is 28.8 Å². The summed E-state index contributed by atoms with van der Waals surface area (Å²) in [4.78, 5) is 13.2. The summed E-state index contributed by atoms with van der Waals surface area (Å²) in [6, 6.07) is 20.0. The van der Waals surface area contributed by atoms with E-state index in [4.69, 9.17) is 0 Å². The lowest BCUT2D eigenvalue weighted by Gasteiger charge is -2.39. The van der Waals surface area contributed by atoms with Crippen LogP contribution in [0.25, 0.3) is 10.8 Å². The second-order valence-corrected chi connectivity index (χ2v) is 10.1. The van der Waals surface area contributed by atoms with E-state index >= 15 is 0 Å². The van der Waals surface area contributed by atoms with Crippen molar-refractivity contribution in [2.24, 2.45) is 0 Å². The number of hydrogen-bond acceptors (Lipinski definition) is 3. The molecule has 3 atom stereocenters. The van der Waals surface area contributed by atoms with E-state index in [0.29, 0.717) is 12.1 Å². The number of carbonyl (C=O) groups is 1. The zero-order valence-corrected chi connectivity index (χ0v) is 18.9. The average Bonchev–Trinajstić information content (AvgIpc) is 2.77. The van der Waals surface area contributed by atoms with Crippen LogP contribution >= 0.6 is 0 Å². The van der Waals surface area contributed by atoms with E-state index in [2.05, 4.69) is 5.32 Å². The monoisotopic (exact) mass is 436 g/mol. The minimum atomic E-state index is -3.79. The molecule has 0 saturated carbocycles. The number of rotatable bonds is 5. The molecule has 3 aromatic carbocycles. The van der Waals surface area contributed by atoms with E-state index in [0.717, 1.165) is 22.8 Å². The lowest BCUT2D eigenvalue weighted by Crippen LogP contribution is -2.46. The van der Waals surface area contributed by atoms with Gasteiger partial charge in [-0.05, 0) is 61.2 Å². The molecular weight excluding hydrogens is 408 g/mol. The van der Waals surface area contributed by atoms with E-state index in [1.165, 1.54) is 4.31 Å². The Bertz CT molecular complexity index is 1220. The third-order valence-corrected chi connectivity index (χ3v) is 8.05. The third-order valence-electron chi connectivity index (χ3n) is 6.12. The molecule has 1 amide bonds. The van der Waals surface area contributed by atoms with Crippen LogP contribution in [-0.2, 0) is 14.8 Å². The Morgan fingerprint density at radius 1 is 1.06 bits per heavy atom. The van der Waals surface area contributed by atoms with Gasteiger partial charge in [0.2, 0.25) is 5.91 Å². The van der Waals surface area contributed by atoms with Crippen LogP contribution in [0, 0.1) is 0 Å². The van der Waals surface area contributed by atoms with Gasteiger partial charge >= 0.3 is 0 Å². The number of sulfonamides is 1. The number of carbonyl (C=O) groups excluding carboxylic acids is 1. The lowest BCUT2D eigenvalue weighted by atomic mass is 9.86. The molecule has 31 heavy (non-hydrogen) atoms. The van der Waals surface area contributed by atoms with Crippen LogP contribution in [0.15, 0.2) is 71.6 Å². The Hall–Kier alpha value is -2.86. The lowest BCUT2D eigenvalue weighted by molar-refractivity contribution is -0.123. The fourth-order valence-electron chi connectivity index (χ4n) is 4.29. The minimum absolute atomic E-state index is 0.0450. The second kappa shape index (κ2) is 8.35. The van der Waals surface area contributed by atoms with Crippen molar-refractivity contribution < 1.29 is 13.2 Å². The molecule has 162 valence electrons. The molecule has 5 nitrogen and oxygen atoms in total. The van der Waals surface area contributed by atoms with Crippen molar-refractivity contribution in [3.63, 3.8) is 0 Å². The first-order valence-electron chi connectivity index (χ1n) is 10.8. The number of para-hydroxylation sites is 1. The standard InChI is InChI=1S/C25H28N2O3S/c1-4-17(2)26-25(28)23-15-18(3)27(24-12-8-7-11-22(23)24)31(29,30)21-14-13-19-9-5-6-10-20(19)16-21/h5-14,16-18,23H,4,15H2,1-3H3,(H,26,28)/t17-,18+,23+/m0/s1. The fourth-order valence-corrected chi connectivity index (χ4v) is 6.01. The van der Waals surface area contributed by atoms with Crippen molar-refractivity contribution in [3.05, 3.63) is 72.3 Å². The van der Waals surface area contributed by atoms with Gasteiger partial charge in [-0.25, -0.2) is 8.42 Å². The SMILES string of the molecule is CC[C@H](C)NC(=O)[C@@H]1C[C@@H](C)N(S(=O)(=O)c2ccc3ccccc3c2)c2ccccc21. The normalized spacial score (nSPS) is 19.6. The first-order valence-corrected chi connectivity index (χ1v) is 12.2. The summed E-state index contributed by atoms with van der Waals surface area (Å²) in [5, 5.41) is 4.94. The van der Waals surface area contributed by atoms with Crippen LogP contribution in [0.2, 0.25) is 0 Å². The summed E-state index contributed by atoms with van der Waals surface area (Å²) >= 11 is 0. The van der Waals surface area contributed by atoms with Crippen molar-refractivity contribution in [3.8, 4) is 0 Å². The highest BCUT2D eigenvalue weighted by Crippen LogP contribution is 2.41. The van der Waals surface area contributed by atoms with Crippen LogP contribution in [0.1, 0.15) is 45.1 Å². The van der Waals surface area contributed by atoms with E-state index in [1.54, 1.807) is 18.2 Å². The van der Waals surface area contributed by atoms with Crippen molar-refractivity contribution in [2.75, 3.05) is 4.31 Å². The van der Waals surface area contributed by atoms with E-state index < -0.39 is 10.0 Å². The highest BCUT2D eigenvalue weighted by Gasteiger charge is 2.40. The topological polar surface area (TPSA) is 66.5 Å². The van der Waals surface area contributed by atoms with Gasteiger partial charge in [0.25, 0.3) is 10.0 Å². The van der Waals surface area contributed by atoms with Crippen LogP contribution < -0.4 is 9.62 Å². The number of nitrogens with one attached hydrogen (secondary N) is 1. The zero-order valence-electron chi connectivity index (χ0n) is 18.1. The molecule has 0 spiro atoms. The maximum Gasteiger partial charge on any atom is 0.264 e. The third kappa shape index (κ3) is 3.92. The molecular formula is C25H28N2O3S. The predicted molar refractivity (Wildman–Crippen MR) is 125 cm³/mol. The van der Waals surface area contributed by atoms with Gasteiger partial charge < -0.3 is 5.32 Å². The van der Waals surface area contributed by atoms with Crippen LogP contribution in [0.4, 0.5) is 5.69 Å². The largest absolute Gasteiger partial charge is 0.353 e. The molecule has 6 heteroatoms. The molecule has 1 N–H and O–H groups in total. The molecule has 0 aromatic heterocycles. The number of hydrogen-bond donors (Lipinski definition) is 1. The van der Waals surface area contributed by atoms with Crippen molar-refractivity contribution in [1.29, 1.82) is 0 Å². The maximum atomic E-state index is 13.7. The van der Waals surface area contributed by atoms with Gasteiger partial charge in [0.1, 0.15) is 0 Å². The molecule has 0 aliphatic carbocycles. The maximum absolute atomic E-state index is 13.7. The van der Waals surface area contributed by atoms with E-state index in [1.807, 2.05) is 69.3 Å². The Morgan fingerprint density at radius 2 is 1.74 bits per heavy atom. The molecule has 4 rings (SSSR count). The fraction of sp³-hybridized carbons (Fsp3) is 0.320. The summed E-state index contributed by atoms with van der Waals surface area (Å²) in [6.45, 7) is 5.88. The minimum Gasteiger partial charge on any atom is -0.353 e. The first-order chi connectivity index (χ1) is 14.8. The number of benzene rings is 3. The Kier molecular flexibility index (Phi) is 5.75. The number of fused-ring (bicyclic) bond motifs is 2. The Labute approximate surface area is 184 Å². The quantitative estimate of drug-likeness (QED) is 0.623. The van der Waals surface area contributed by atoms with Gasteiger partial charge in [-0.3, -0.25) is 9.10 Å². The molecule has 1 heterocycles. The zero-order chi connectivity index (χ0) is 22.2. The average molecular weight is 437 g/mol. The van der Waals surface area contributed by atoms with Gasteiger partial charge in [-0.2, -0.15) is 0 Å². The number of amides is 1. The molecule has 0 radical (unpaired) electrons. The summed E-state index contributed by atoms with van der Waals surface area (Å²) < 4.78 is 28.9. The molecule has 3 aromatic rings. The highest BCUT2D eigenvalue weighted by molar-refractivity contribution is 7.92. The summed E-state index contributed by atoms with van der Waals surface area (Å²) in [5.41, 5.74) is 1.34. The van der Waals surface area contributed by atoms with Crippen LogP contribution in [-0.4, -0.2) is 26.4 Å². The molecule has 1 aliphatic rings. The summed E-state index contributed by atoms with van der Waals surface area (Å²) in [7, 11) is -3.79. The number of nitrogens with zero attached hydrogens (tertiary/aromatic N) is 1. The van der Waals surface area contributed by atoms with Gasteiger partial charge in [0.05, 0.1) is 16.5 Å². The van der Waals surface area contributed by atoms with Crippen molar-refractivity contribution in [2.45, 2.75) is 56.5 Å². The predicted octanol–water partition coefficient (Wildman–Crippen LogP) is 4.83. The van der Waals surface area contributed by atoms with Gasteiger partial charge in [-0.15, -0.1) is 0 Å². The van der Waals surface area contributed by atoms with Crippen molar-refractivity contribution >= 4 is 32.4 Å². The molecule has 0 saturated heterocycles. The van der Waals surface area contributed by atoms with Crippen LogP contribution in [0.5, 0.6) is 0 Å².